The van der Waals surface area contributed by atoms with Crippen LogP contribution in [0, 0.1) is 23.6 Å². The fraction of sp³-hybridized carbons (Fsp3) is 0.400. The Balaban J connectivity index is 2.09. The third-order valence-corrected chi connectivity index (χ3v) is 3.24. The van der Waals surface area contributed by atoms with Crippen LogP contribution in [0.15, 0.2) is 18.2 Å². The van der Waals surface area contributed by atoms with Crippen molar-refractivity contribution in [2.75, 3.05) is 6.54 Å². The predicted molar refractivity (Wildman–Crippen MR) is 72.0 cm³/mol. The summed E-state index contributed by atoms with van der Waals surface area (Å²) in [7, 11) is 0. The first-order chi connectivity index (χ1) is 9.11. The van der Waals surface area contributed by atoms with Crippen LogP contribution in [0.2, 0.25) is 0 Å². The van der Waals surface area contributed by atoms with E-state index in [0.29, 0.717) is 11.5 Å². The van der Waals surface area contributed by atoms with Gasteiger partial charge in [-0.25, -0.2) is 4.39 Å². The van der Waals surface area contributed by atoms with Crippen molar-refractivity contribution in [1.29, 1.82) is 0 Å². The lowest BCUT2D eigenvalue weighted by Crippen LogP contribution is -2.34. The molecule has 1 aliphatic rings. The van der Waals surface area contributed by atoms with E-state index in [2.05, 4.69) is 17.2 Å². The number of hydrogen-bond donors (Lipinski definition) is 2. The van der Waals surface area contributed by atoms with Gasteiger partial charge in [-0.3, -0.25) is 4.79 Å². The molecule has 1 aliphatic carbocycles. The molecule has 1 aromatic carbocycles. The normalized spacial score (nSPS) is 15.3. The van der Waals surface area contributed by atoms with E-state index in [9.17, 15) is 9.18 Å². The number of nitrogens with one attached hydrogen (secondary N) is 1. The van der Waals surface area contributed by atoms with Crippen LogP contribution in [-0.4, -0.2) is 18.5 Å². The summed E-state index contributed by atoms with van der Waals surface area (Å²) in [4.78, 5) is 11.9. The molecule has 1 amide bonds. The van der Waals surface area contributed by atoms with Crippen LogP contribution < -0.4 is 11.1 Å². The van der Waals surface area contributed by atoms with Crippen LogP contribution in [0.4, 0.5) is 4.39 Å². The standard InChI is InChI=1S/C15H17FN2O/c1-10(12-5-6-12)18-15(19)13-7-4-11(3-2-8-17)9-14(13)16/h4,7,9-10,12H,5-6,8,17H2,1H3,(H,18,19). The minimum Gasteiger partial charge on any atom is -0.349 e. The van der Waals surface area contributed by atoms with E-state index in [1.165, 1.54) is 12.1 Å². The first kappa shape index (κ1) is 13.6. The van der Waals surface area contributed by atoms with Crippen LogP contribution in [0.1, 0.15) is 35.7 Å². The largest absolute Gasteiger partial charge is 0.349 e. The number of benzene rings is 1. The van der Waals surface area contributed by atoms with Gasteiger partial charge in [0.1, 0.15) is 5.82 Å². The molecule has 0 aliphatic heterocycles. The zero-order valence-electron chi connectivity index (χ0n) is 10.9. The number of halogens is 1. The van der Waals surface area contributed by atoms with Crippen LogP contribution in [-0.2, 0) is 0 Å². The van der Waals surface area contributed by atoms with E-state index in [0.717, 1.165) is 12.8 Å². The Hall–Kier alpha value is -1.86. The van der Waals surface area contributed by atoms with Crippen molar-refractivity contribution in [3.05, 3.63) is 35.1 Å². The summed E-state index contributed by atoms with van der Waals surface area (Å²) < 4.78 is 13.8. The average molecular weight is 260 g/mol. The van der Waals surface area contributed by atoms with Crippen LogP contribution in [0.25, 0.3) is 0 Å². The molecule has 1 atom stereocenters. The maximum atomic E-state index is 13.8. The zero-order valence-corrected chi connectivity index (χ0v) is 10.9. The third-order valence-electron chi connectivity index (χ3n) is 3.24. The summed E-state index contributed by atoms with van der Waals surface area (Å²) in [6.07, 6.45) is 2.27. The van der Waals surface area contributed by atoms with Crippen molar-refractivity contribution in [3.63, 3.8) is 0 Å². The second-order valence-electron chi connectivity index (χ2n) is 4.80. The maximum absolute atomic E-state index is 13.8. The SMILES string of the molecule is CC(NC(=O)c1ccc(C#CCN)cc1F)C1CC1. The Morgan fingerprint density at radius 1 is 1.58 bits per heavy atom. The first-order valence-electron chi connectivity index (χ1n) is 6.41. The molecule has 0 radical (unpaired) electrons. The quantitative estimate of drug-likeness (QED) is 0.812. The number of carbonyl (C=O) groups is 1. The molecular weight excluding hydrogens is 243 g/mol. The lowest BCUT2D eigenvalue weighted by atomic mass is 10.1. The molecule has 19 heavy (non-hydrogen) atoms. The Morgan fingerprint density at radius 2 is 2.32 bits per heavy atom. The lowest BCUT2D eigenvalue weighted by Gasteiger charge is -2.13. The minimum atomic E-state index is -0.552. The topological polar surface area (TPSA) is 55.1 Å². The maximum Gasteiger partial charge on any atom is 0.254 e. The number of hydrogen-bond acceptors (Lipinski definition) is 2. The molecular formula is C15H17FN2O. The fourth-order valence-electron chi connectivity index (χ4n) is 1.93. The number of amides is 1. The second kappa shape index (κ2) is 5.85. The predicted octanol–water partition coefficient (Wildman–Crippen LogP) is 1.66. The van der Waals surface area contributed by atoms with Crippen LogP contribution in [0.3, 0.4) is 0 Å². The van der Waals surface area contributed by atoms with Gasteiger partial charge in [-0.15, -0.1) is 0 Å². The Labute approximate surface area is 112 Å². The molecule has 0 aromatic heterocycles. The highest BCUT2D eigenvalue weighted by Gasteiger charge is 2.29. The molecule has 0 saturated heterocycles. The van der Waals surface area contributed by atoms with Gasteiger partial charge in [-0.2, -0.15) is 0 Å². The van der Waals surface area contributed by atoms with Gasteiger partial charge in [0.05, 0.1) is 12.1 Å². The molecule has 3 N–H and O–H groups in total. The van der Waals surface area contributed by atoms with Gasteiger partial charge in [0, 0.05) is 11.6 Å². The van der Waals surface area contributed by atoms with Crippen molar-refractivity contribution >= 4 is 5.91 Å². The van der Waals surface area contributed by atoms with E-state index in [1.54, 1.807) is 6.07 Å². The van der Waals surface area contributed by atoms with E-state index in [1.807, 2.05) is 6.92 Å². The highest BCUT2D eigenvalue weighted by atomic mass is 19.1. The van der Waals surface area contributed by atoms with Crippen molar-refractivity contribution in [2.24, 2.45) is 11.7 Å². The van der Waals surface area contributed by atoms with Crippen molar-refractivity contribution < 1.29 is 9.18 Å². The van der Waals surface area contributed by atoms with Gasteiger partial charge < -0.3 is 11.1 Å². The third kappa shape index (κ3) is 3.55. The molecule has 1 aromatic rings. The number of rotatable bonds is 3. The van der Waals surface area contributed by atoms with E-state index >= 15 is 0 Å². The van der Waals surface area contributed by atoms with Gasteiger partial charge in [0.25, 0.3) is 5.91 Å². The van der Waals surface area contributed by atoms with Gasteiger partial charge in [-0.05, 0) is 43.9 Å². The molecule has 0 bridgehead atoms. The average Bonchev–Trinajstić information content (AvgIpc) is 3.20. The highest BCUT2D eigenvalue weighted by Crippen LogP contribution is 2.32. The van der Waals surface area contributed by atoms with Gasteiger partial charge in [-0.1, -0.05) is 11.8 Å². The molecule has 1 saturated carbocycles. The molecule has 2 rings (SSSR count). The second-order valence-corrected chi connectivity index (χ2v) is 4.80. The molecule has 4 heteroatoms. The van der Waals surface area contributed by atoms with Crippen molar-refractivity contribution in [3.8, 4) is 11.8 Å². The summed E-state index contributed by atoms with van der Waals surface area (Å²) >= 11 is 0. The molecule has 1 unspecified atom stereocenters. The molecule has 1 fully saturated rings. The smallest absolute Gasteiger partial charge is 0.254 e. The molecule has 0 spiro atoms. The van der Waals surface area contributed by atoms with Crippen LogP contribution in [0.5, 0.6) is 0 Å². The van der Waals surface area contributed by atoms with Crippen molar-refractivity contribution in [2.45, 2.75) is 25.8 Å². The summed E-state index contributed by atoms with van der Waals surface area (Å²) in [6, 6.07) is 4.45. The summed E-state index contributed by atoms with van der Waals surface area (Å²) in [5.41, 5.74) is 5.83. The summed E-state index contributed by atoms with van der Waals surface area (Å²) in [5, 5.41) is 2.83. The zero-order chi connectivity index (χ0) is 13.8. The summed E-state index contributed by atoms with van der Waals surface area (Å²) in [6.45, 7) is 2.18. The minimum absolute atomic E-state index is 0.0609. The van der Waals surface area contributed by atoms with E-state index in [4.69, 9.17) is 5.73 Å². The first-order valence-corrected chi connectivity index (χ1v) is 6.41. The monoisotopic (exact) mass is 260 g/mol. The highest BCUT2D eigenvalue weighted by molar-refractivity contribution is 5.94. The molecule has 0 heterocycles. The fourth-order valence-corrected chi connectivity index (χ4v) is 1.93. The molecule has 3 nitrogen and oxygen atoms in total. The summed E-state index contributed by atoms with van der Waals surface area (Å²) in [5.74, 6) is 5.01. The number of carbonyl (C=O) groups excluding carboxylic acids is 1. The Bertz CT molecular complexity index is 541. The Kier molecular flexibility index (Phi) is 4.18. The van der Waals surface area contributed by atoms with Crippen molar-refractivity contribution in [1.82, 2.24) is 5.32 Å². The van der Waals surface area contributed by atoms with Gasteiger partial charge >= 0.3 is 0 Å². The van der Waals surface area contributed by atoms with Gasteiger partial charge in [0.15, 0.2) is 0 Å². The van der Waals surface area contributed by atoms with E-state index < -0.39 is 5.82 Å². The lowest BCUT2D eigenvalue weighted by molar-refractivity contribution is 0.0932. The number of nitrogens with two attached hydrogens (primary N) is 1. The van der Waals surface area contributed by atoms with Crippen LogP contribution >= 0.6 is 0 Å². The Morgan fingerprint density at radius 3 is 2.89 bits per heavy atom. The molecule has 100 valence electrons. The van der Waals surface area contributed by atoms with E-state index in [-0.39, 0.29) is 24.1 Å². The van der Waals surface area contributed by atoms with Gasteiger partial charge in [0.2, 0.25) is 0 Å².